The molecule has 1 aliphatic carbocycles. The predicted octanol–water partition coefficient (Wildman–Crippen LogP) is 0.159. The van der Waals surface area contributed by atoms with Crippen molar-refractivity contribution in [1.82, 2.24) is 20.4 Å². The zero-order valence-corrected chi connectivity index (χ0v) is 19.1. The van der Waals surface area contributed by atoms with Gasteiger partial charge in [-0.2, -0.15) is 5.26 Å². The van der Waals surface area contributed by atoms with Gasteiger partial charge in [0.15, 0.2) is 0 Å². The lowest BCUT2D eigenvalue weighted by Gasteiger charge is -2.33. The van der Waals surface area contributed by atoms with Crippen molar-refractivity contribution in [2.75, 3.05) is 39.3 Å². The number of nitriles is 1. The van der Waals surface area contributed by atoms with E-state index in [-0.39, 0.29) is 30.7 Å². The molecule has 178 valence electrons. The first-order chi connectivity index (χ1) is 15.9. The highest BCUT2D eigenvalue weighted by Gasteiger charge is 2.38. The third-order valence-electron chi connectivity index (χ3n) is 6.51. The quantitative estimate of drug-likeness (QED) is 0.456. The lowest BCUT2D eigenvalue weighted by molar-refractivity contribution is -0.134. The standard InChI is InChI=1S/C24H34N6O3/c25-11-13-29-14-16-30(17-15-29)21(31)8-12-27-22(32)20(18-19-6-2-1-3-7-19)28-23(33)24(26)9-4-5-10-24/h1-3,6-7,20H,4-5,8-10,12-18,26H2,(H,27,32)(H,28,33)/t20-/m1/s1. The third-order valence-corrected chi connectivity index (χ3v) is 6.51. The van der Waals surface area contributed by atoms with Crippen LogP contribution in [0.5, 0.6) is 0 Å². The highest BCUT2D eigenvalue weighted by molar-refractivity contribution is 5.92. The van der Waals surface area contributed by atoms with Crippen LogP contribution in [0.4, 0.5) is 0 Å². The maximum atomic E-state index is 12.9. The monoisotopic (exact) mass is 454 g/mol. The number of carbonyl (C=O) groups excluding carboxylic acids is 3. The van der Waals surface area contributed by atoms with Gasteiger partial charge in [0.2, 0.25) is 17.7 Å². The number of hydrogen-bond acceptors (Lipinski definition) is 6. The fraction of sp³-hybridized carbons (Fsp3) is 0.583. The van der Waals surface area contributed by atoms with Gasteiger partial charge >= 0.3 is 0 Å². The maximum Gasteiger partial charge on any atom is 0.242 e. The van der Waals surface area contributed by atoms with Gasteiger partial charge in [-0.3, -0.25) is 19.3 Å². The van der Waals surface area contributed by atoms with Gasteiger partial charge in [0.1, 0.15) is 6.04 Å². The number of rotatable bonds is 9. The van der Waals surface area contributed by atoms with E-state index in [9.17, 15) is 14.4 Å². The molecule has 4 N–H and O–H groups in total. The van der Waals surface area contributed by atoms with Crippen molar-refractivity contribution in [2.24, 2.45) is 5.73 Å². The Morgan fingerprint density at radius 2 is 1.76 bits per heavy atom. The number of benzene rings is 1. The zero-order chi connectivity index (χ0) is 23.7. The van der Waals surface area contributed by atoms with E-state index in [1.807, 2.05) is 35.2 Å². The summed E-state index contributed by atoms with van der Waals surface area (Å²) >= 11 is 0. The van der Waals surface area contributed by atoms with Gasteiger partial charge in [-0.15, -0.1) is 0 Å². The van der Waals surface area contributed by atoms with Crippen LogP contribution in [0.15, 0.2) is 30.3 Å². The number of nitrogens with one attached hydrogen (secondary N) is 2. The molecule has 33 heavy (non-hydrogen) atoms. The van der Waals surface area contributed by atoms with Crippen LogP contribution < -0.4 is 16.4 Å². The van der Waals surface area contributed by atoms with E-state index in [4.69, 9.17) is 11.0 Å². The summed E-state index contributed by atoms with van der Waals surface area (Å²) in [7, 11) is 0. The Labute approximate surface area is 195 Å². The molecule has 1 aliphatic heterocycles. The van der Waals surface area contributed by atoms with Gasteiger partial charge < -0.3 is 21.3 Å². The molecular formula is C24H34N6O3. The van der Waals surface area contributed by atoms with Crippen LogP contribution in [0, 0.1) is 11.3 Å². The minimum atomic E-state index is -0.918. The molecule has 1 atom stereocenters. The van der Waals surface area contributed by atoms with Crippen LogP contribution in [0.3, 0.4) is 0 Å². The fourth-order valence-electron chi connectivity index (χ4n) is 4.42. The first kappa shape index (κ1) is 24.7. The second-order valence-corrected chi connectivity index (χ2v) is 8.94. The minimum absolute atomic E-state index is 0.0255. The van der Waals surface area contributed by atoms with Crippen LogP contribution >= 0.6 is 0 Å². The van der Waals surface area contributed by atoms with Crippen LogP contribution in [-0.4, -0.2) is 78.4 Å². The van der Waals surface area contributed by atoms with Crippen molar-refractivity contribution in [1.29, 1.82) is 5.26 Å². The maximum absolute atomic E-state index is 12.9. The highest BCUT2D eigenvalue weighted by Crippen LogP contribution is 2.27. The van der Waals surface area contributed by atoms with E-state index < -0.39 is 11.6 Å². The molecule has 9 heteroatoms. The largest absolute Gasteiger partial charge is 0.354 e. The van der Waals surface area contributed by atoms with Crippen LogP contribution in [0.25, 0.3) is 0 Å². The Bertz CT molecular complexity index is 855. The second kappa shape index (κ2) is 11.8. The average molecular weight is 455 g/mol. The molecule has 9 nitrogen and oxygen atoms in total. The van der Waals surface area contributed by atoms with Crippen molar-refractivity contribution in [3.05, 3.63) is 35.9 Å². The smallest absolute Gasteiger partial charge is 0.242 e. The first-order valence-electron chi connectivity index (χ1n) is 11.7. The molecule has 1 aromatic rings. The zero-order valence-electron chi connectivity index (χ0n) is 19.1. The minimum Gasteiger partial charge on any atom is -0.354 e. The Morgan fingerprint density at radius 1 is 1.09 bits per heavy atom. The molecule has 0 aromatic heterocycles. The summed E-state index contributed by atoms with van der Waals surface area (Å²) in [5.41, 5.74) is 6.29. The lowest BCUT2D eigenvalue weighted by Crippen LogP contribution is -2.58. The molecule has 2 aliphatic rings. The summed E-state index contributed by atoms with van der Waals surface area (Å²) in [5, 5.41) is 14.5. The molecule has 1 heterocycles. The summed E-state index contributed by atoms with van der Waals surface area (Å²) in [4.78, 5) is 42.1. The van der Waals surface area contributed by atoms with E-state index in [1.165, 1.54) is 0 Å². The van der Waals surface area contributed by atoms with Crippen molar-refractivity contribution in [2.45, 2.75) is 50.1 Å². The normalized spacial score (nSPS) is 18.8. The highest BCUT2D eigenvalue weighted by atomic mass is 16.2. The van der Waals surface area contributed by atoms with E-state index >= 15 is 0 Å². The van der Waals surface area contributed by atoms with Crippen molar-refractivity contribution >= 4 is 17.7 Å². The van der Waals surface area contributed by atoms with Gasteiger partial charge in [0.25, 0.3) is 0 Å². The van der Waals surface area contributed by atoms with E-state index in [0.29, 0.717) is 52.0 Å². The summed E-state index contributed by atoms with van der Waals surface area (Å²) in [6.07, 6.45) is 3.60. The number of amides is 3. The molecule has 3 amide bonds. The third kappa shape index (κ3) is 7.01. The molecule has 0 spiro atoms. The van der Waals surface area contributed by atoms with Gasteiger partial charge in [-0.1, -0.05) is 43.2 Å². The van der Waals surface area contributed by atoms with Gasteiger partial charge in [0.05, 0.1) is 18.2 Å². The number of nitrogens with two attached hydrogens (primary N) is 1. The fourth-order valence-corrected chi connectivity index (χ4v) is 4.42. The Kier molecular flexibility index (Phi) is 8.80. The van der Waals surface area contributed by atoms with Gasteiger partial charge in [0, 0.05) is 45.6 Å². The molecule has 1 saturated carbocycles. The molecule has 1 saturated heterocycles. The summed E-state index contributed by atoms with van der Waals surface area (Å²) < 4.78 is 0. The van der Waals surface area contributed by atoms with Gasteiger partial charge in [-0.25, -0.2) is 0 Å². The number of nitrogens with zero attached hydrogens (tertiary/aromatic N) is 3. The van der Waals surface area contributed by atoms with Gasteiger partial charge in [-0.05, 0) is 18.4 Å². The van der Waals surface area contributed by atoms with Crippen LogP contribution in [0.2, 0.25) is 0 Å². The van der Waals surface area contributed by atoms with Crippen LogP contribution in [-0.2, 0) is 20.8 Å². The Morgan fingerprint density at radius 3 is 2.39 bits per heavy atom. The number of carbonyl (C=O) groups is 3. The topological polar surface area (TPSA) is 132 Å². The molecule has 0 radical (unpaired) electrons. The number of piperazine rings is 1. The SMILES string of the molecule is N#CCN1CCN(C(=O)CCNC(=O)[C@@H](Cc2ccccc2)NC(=O)C2(N)CCCC2)CC1. The van der Waals surface area contributed by atoms with E-state index in [2.05, 4.69) is 16.7 Å². The van der Waals surface area contributed by atoms with Crippen molar-refractivity contribution < 1.29 is 14.4 Å². The molecule has 0 bridgehead atoms. The van der Waals surface area contributed by atoms with E-state index in [1.54, 1.807) is 4.90 Å². The van der Waals surface area contributed by atoms with Crippen molar-refractivity contribution in [3.8, 4) is 6.07 Å². The average Bonchev–Trinajstić information content (AvgIpc) is 3.27. The predicted molar refractivity (Wildman–Crippen MR) is 124 cm³/mol. The molecular weight excluding hydrogens is 420 g/mol. The molecule has 1 aromatic carbocycles. The Balaban J connectivity index is 1.52. The second-order valence-electron chi connectivity index (χ2n) is 8.94. The first-order valence-corrected chi connectivity index (χ1v) is 11.7. The Hall–Kier alpha value is -2.96. The van der Waals surface area contributed by atoms with E-state index in [0.717, 1.165) is 18.4 Å². The van der Waals surface area contributed by atoms with Crippen molar-refractivity contribution in [3.63, 3.8) is 0 Å². The summed E-state index contributed by atoms with van der Waals surface area (Å²) in [6, 6.07) is 10.9. The summed E-state index contributed by atoms with van der Waals surface area (Å²) in [5.74, 6) is -0.634. The van der Waals surface area contributed by atoms with Crippen LogP contribution in [0.1, 0.15) is 37.7 Å². The molecule has 2 fully saturated rings. The molecule has 0 unspecified atom stereocenters. The molecule has 3 rings (SSSR count). The summed E-state index contributed by atoms with van der Waals surface area (Å²) in [6.45, 7) is 3.09. The number of hydrogen-bond donors (Lipinski definition) is 3. The lowest BCUT2D eigenvalue weighted by atomic mass is 9.96.